The number of hydrogen-bond donors (Lipinski definition) is 3. The van der Waals surface area contributed by atoms with E-state index in [1.807, 2.05) is 0 Å². The molecule has 1 saturated heterocycles. The van der Waals surface area contributed by atoms with Crippen molar-refractivity contribution < 1.29 is 14.4 Å². The fourth-order valence-electron chi connectivity index (χ4n) is 2.27. The quantitative estimate of drug-likeness (QED) is 0.613. The van der Waals surface area contributed by atoms with Crippen LogP contribution in [-0.4, -0.2) is 54.1 Å². The number of nitrogens with one attached hydrogen (secondary N) is 2. The Kier molecular flexibility index (Phi) is 6.14. The molecule has 1 fully saturated rings. The van der Waals surface area contributed by atoms with Gasteiger partial charge in [-0.05, 0) is 19.3 Å². The molecule has 19 heavy (non-hydrogen) atoms. The van der Waals surface area contributed by atoms with Crippen LogP contribution >= 0.6 is 12.6 Å². The lowest BCUT2D eigenvalue weighted by Crippen LogP contribution is -2.57. The van der Waals surface area contributed by atoms with Crippen LogP contribution in [0.1, 0.15) is 26.2 Å². The van der Waals surface area contributed by atoms with E-state index in [4.69, 9.17) is 0 Å². The van der Waals surface area contributed by atoms with E-state index in [1.165, 1.54) is 6.92 Å². The lowest BCUT2D eigenvalue weighted by Gasteiger charge is -2.36. The van der Waals surface area contributed by atoms with Crippen LogP contribution in [0.2, 0.25) is 0 Å². The molecule has 0 radical (unpaired) electrons. The van der Waals surface area contributed by atoms with E-state index in [0.717, 1.165) is 12.8 Å². The van der Waals surface area contributed by atoms with Gasteiger partial charge >= 0.3 is 0 Å². The van der Waals surface area contributed by atoms with Crippen molar-refractivity contribution in [3.8, 4) is 0 Å². The molecule has 0 aromatic heterocycles. The zero-order chi connectivity index (χ0) is 14.4. The van der Waals surface area contributed by atoms with E-state index in [-0.39, 0.29) is 23.5 Å². The third-order valence-corrected chi connectivity index (χ3v) is 3.56. The molecule has 0 bridgehead atoms. The van der Waals surface area contributed by atoms with Gasteiger partial charge in [0.05, 0.1) is 0 Å². The maximum atomic E-state index is 12.4. The Hall–Kier alpha value is -1.24. The molecule has 108 valence electrons. The van der Waals surface area contributed by atoms with Gasteiger partial charge in [0.1, 0.15) is 12.1 Å². The molecule has 2 N–H and O–H groups in total. The first-order chi connectivity index (χ1) is 9.01. The van der Waals surface area contributed by atoms with Crippen molar-refractivity contribution in [2.45, 2.75) is 38.3 Å². The largest absolute Gasteiger partial charge is 0.357 e. The van der Waals surface area contributed by atoms with E-state index in [2.05, 4.69) is 23.3 Å². The van der Waals surface area contributed by atoms with Crippen molar-refractivity contribution in [1.29, 1.82) is 0 Å². The molecule has 7 heteroatoms. The summed E-state index contributed by atoms with van der Waals surface area (Å²) in [6.07, 6.45) is 2.46. The van der Waals surface area contributed by atoms with Crippen LogP contribution < -0.4 is 10.6 Å². The van der Waals surface area contributed by atoms with Crippen LogP contribution in [0.25, 0.3) is 0 Å². The van der Waals surface area contributed by atoms with Gasteiger partial charge in [0, 0.05) is 26.3 Å². The van der Waals surface area contributed by atoms with Crippen molar-refractivity contribution in [2.24, 2.45) is 0 Å². The zero-order valence-electron chi connectivity index (χ0n) is 11.3. The second kappa shape index (κ2) is 7.37. The lowest BCUT2D eigenvalue weighted by molar-refractivity contribution is -0.144. The van der Waals surface area contributed by atoms with Gasteiger partial charge in [0.15, 0.2) is 0 Å². The molecule has 1 heterocycles. The SMILES string of the molecule is CNC(=O)C1CCCCN1C(=O)C(CS)NC(C)=O. The minimum atomic E-state index is -0.675. The Labute approximate surface area is 118 Å². The van der Waals surface area contributed by atoms with Crippen LogP contribution in [0.15, 0.2) is 0 Å². The monoisotopic (exact) mass is 287 g/mol. The summed E-state index contributed by atoms with van der Waals surface area (Å²) in [4.78, 5) is 36.8. The summed E-state index contributed by atoms with van der Waals surface area (Å²) in [6, 6.07) is -1.12. The summed E-state index contributed by atoms with van der Waals surface area (Å²) in [6.45, 7) is 1.90. The molecule has 6 nitrogen and oxygen atoms in total. The number of likely N-dealkylation sites (tertiary alicyclic amines) is 1. The van der Waals surface area contributed by atoms with E-state index < -0.39 is 12.1 Å². The standard InChI is InChI=1S/C12H21N3O3S/c1-8(16)14-9(7-19)12(18)15-6-4-3-5-10(15)11(17)13-2/h9-10,19H,3-7H2,1-2H3,(H,13,17)(H,14,16). The average Bonchev–Trinajstić information content (AvgIpc) is 2.42. The fourth-order valence-corrected chi connectivity index (χ4v) is 2.51. The molecule has 1 aliphatic rings. The van der Waals surface area contributed by atoms with Crippen molar-refractivity contribution in [3.63, 3.8) is 0 Å². The zero-order valence-corrected chi connectivity index (χ0v) is 12.2. The number of amides is 3. The first-order valence-electron chi connectivity index (χ1n) is 6.41. The Morgan fingerprint density at radius 1 is 1.37 bits per heavy atom. The molecule has 0 spiro atoms. The second-order valence-electron chi connectivity index (χ2n) is 4.59. The summed E-state index contributed by atoms with van der Waals surface area (Å²) in [7, 11) is 1.56. The maximum Gasteiger partial charge on any atom is 0.246 e. The van der Waals surface area contributed by atoms with Crippen LogP contribution in [0, 0.1) is 0 Å². The number of piperidine rings is 1. The minimum Gasteiger partial charge on any atom is -0.357 e. The molecular weight excluding hydrogens is 266 g/mol. The summed E-state index contributed by atoms with van der Waals surface area (Å²) < 4.78 is 0. The Bertz CT molecular complexity index is 362. The normalized spacial score (nSPS) is 20.6. The molecular formula is C12H21N3O3S. The lowest BCUT2D eigenvalue weighted by atomic mass is 10.0. The van der Waals surface area contributed by atoms with Crippen molar-refractivity contribution in [3.05, 3.63) is 0 Å². The van der Waals surface area contributed by atoms with Gasteiger partial charge in [-0.1, -0.05) is 0 Å². The predicted molar refractivity (Wildman–Crippen MR) is 74.9 cm³/mol. The van der Waals surface area contributed by atoms with E-state index in [9.17, 15) is 14.4 Å². The highest BCUT2D eigenvalue weighted by Crippen LogP contribution is 2.18. The molecule has 0 aliphatic carbocycles. The maximum absolute atomic E-state index is 12.4. The summed E-state index contributed by atoms with van der Waals surface area (Å²) >= 11 is 4.09. The Morgan fingerprint density at radius 3 is 2.58 bits per heavy atom. The average molecular weight is 287 g/mol. The summed E-state index contributed by atoms with van der Waals surface area (Å²) in [5.74, 6) is -0.455. The Morgan fingerprint density at radius 2 is 2.05 bits per heavy atom. The summed E-state index contributed by atoms with van der Waals surface area (Å²) in [5, 5.41) is 5.14. The van der Waals surface area contributed by atoms with Gasteiger partial charge in [-0.15, -0.1) is 0 Å². The van der Waals surface area contributed by atoms with Gasteiger partial charge in [0.25, 0.3) is 0 Å². The third-order valence-electron chi connectivity index (χ3n) is 3.19. The fraction of sp³-hybridized carbons (Fsp3) is 0.750. The van der Waals surface area contributed by atoms with Crippen molar-refractivity contribution in [2.75, 3.05) is 19.3 Å². The number of hydrogen-bond acceptors (Lipinski definition) is 4. The highest BCUT2D eigenvalue weighted by molar-refractivity contribution is 7.80. The molecule has 2 atom stereocenters. The molecule has 2 unspecified atom stereocenters. The highest BCUT2D eigenvalue weighted by atomic mass is 32.1. The van der Waals surface area contributed by atoms with Crippen LogP contribution in [-0.2, 0) is 14.4 Å². The third kappa shape index (κ3) is 4.12. The van der Waals surface area contributed by atoms with Gasteiger partial charge in [-0.25, -0.2) is 0 Å². The number of thiol groups is 1. The number of carbonyl (C=O) groups excluding carboxylic acids is 3. The number of rotatable bonds is 4. The predicted octanol–water partition coefficient (Wildman–Crippen LogP) is -0.452. The second-order valence-corrected chi connectivity index (χ2v) is 4.96. The van der Waals surface area contributed by atoms with E-state index in [0.29, 0.717) is 13.0 Å². The van der Waals surface area contributed by atoms with Crippen LogP contribution in [0.3, 0.4) is 0 Å². The highest BCUT2D eigenvalue weighted by Gasteiger charge is 2.34. The first kappa shape index (κ1) is 15.8. The molecule has 0 saturated carbocycles. The molecule has 1 rings (SSSR count). The van der Waals surface area contributed by atoms with Crippen LogP contribution in [0.4, 0.5) is 0 Å². The number of likely N-dealkylation sites (N-methyl/N-ethyl adjacent to an activating group) is 1. The van der Waals surface area contributed by atoms with E-state index in [1.54, 1.807) is 11.9 Å². The van der Waals surface area contributed by atoms with Crippen LogP contribution in [0.5, 0.6) is 0 Å². The van der Waals surface area contributed by atoms with Gasteiger partial charge in [-0.2, -0.15) is 12.6 Å². The number of nitrogens with zero attached hydrogens (tertiary/aromatic N) is 1. The number of carbonyl (C=O) groups is 3. The van der Waals surface area contributed by atoms with E-state index >= 15 is 0 Å². The Balaban J connectivity index is 2.80. The minimum absolute atomic E-state index is 0.159. The van der Waals surface area contributed by atoms with Gasteiger partial charge < -0.3 is 15.5 Å². The molecule has 3 amide bonds. The summed E-state index contributed by atoms with van der Waals surface area (Å²) in [5.41, 5.74) is 0. The van der Waals surface area contributed by atoms with Crippen molar-refractivity contribution >= 4 is 30.4 Å². The van der Waals surface area contributed by atoms with Gasteiger partial charge in [-0.3, -0.25) is 14.4 Å². The molecule has 0 aromatic carbocycles. The molecule has 1 aliphatic heterocycles. The molecule has 0 aromatic rings. The smallest absolute Gasteiger partial charge is 0.246 e. The van der Waals surface area contributed by atoms with Gasteiger partial charge in [0.2, 0.25) is 17.7 Å². The van der Waals surface area contributed by atoms with Crippen molar-refractivity contribution in [1.82, 2.24) is 15.5 Å². The topological polar surface area (TPSA) is 78.5 Å². The first-order valence-corrected chi connectivity index (χ1v) is 7.04.